The molecule has 1 aliphatic heterocycles. The largest absolute Gasteiger partial charge is 0.356 e. The van der Waals surface area contributed by atoms with Gasteiger partial charge in [-0.25, -0.2) is 0 Å². The average Bonchev–Trinajstić information content (AvgIpc) is 2.87. The summed E-state index contributed by atoms with van der Waals surface area (Å²) in [6.07, 6.45) is 9.53. The third-order valence-corrected chi connectivity index (χ3v) is 4.52. The number of amides is 1. The minimum atomic E-state index is 0.252. The fraction of sp³-hybridized carbons (Fsp3) is 0.933. The van der Waals surface area contributed by atoms with Crippen molar-refractivity contribution in [1.29, 1.82) is 0 Å². The zero-order chi connectivity index (χ0) is 12.8. The molecule has 0 radical (unpaired) electrons. The van der Waals surface area contributed by atoms with Gasteiger partial charge in [-0.3, -0.25) is 4.79 Å². The second-order valence-corrected chi connectivity index (χ2v) is 6.27. The van der Waals surface area contributed by atoms with Crippen LogP contribution in [-0.4, -0.2) is 25.0 Å². The van der Waals surface area contributed by atoms with E-state index in [-0.39, 0.29) is 5.91 Å². The maximum absolute atomic E-state index is 11.8. The van der Waals surface area contributed by atoms with Crippen LogP contribution in [-0.2, 0) is 4.79 Å². The lowest BCUT2D eigenvalue weighted by molar-refractivity contribution is -0.121. The Morgan fingerprint density at radius 3 is 2.89 bits per heavy atom. The SMILES string of the molecule is CC1CCCC(CNC(=O)CCC2CCCN2)C1. The molecule has 1 saturated carbocycles. The number of hydrogen-bond acceptors (Lipinski definition) is 2. The van der Waals surface area contributed by atoms with Crippen molar-refractivity contribution in [2.24, 2.45) is 11.8 Å². The second-order valence-electron chi connectivity index (χ2n) is 6.27. The van der Waals surface area contributed by atoms with Gasteiger partial charge in [0.2, 0.25) is 5.91 Å². The molecular formula is C15H28N2O. The van der Waals surface area contributed by atoms with Crippen LogP contribution in [0.4, 0.5) is 0 Å². The van der Waals surface area contributed by atoms with Crippen LogP contribution in [0.1, 0.15) is 58.3 Å². The maximum atomic E-state index is 11.8. The number of nitrogens with one attached hydrogen (secondary N) is 2. The zero-order valence-electron chi connectivity index (χ0n) is 11.7. The first-order valence-electron chi connectivity index (χ1n) is 7.74. The molecule has 104 valence electrons. The maximum Gasteiger partial charge on any atom is 0.220 e. The first-order valence-corrected chi connectivity index (χ1v) is 7.74. The van der Waals surface area contributed by atoms with Gasteiger partial charge in [-0.05, 0) is 50.5 Å². The lowest BCUT2D eigenvalue weighted by Gasteiger charge is -2.26. The van der Waals surface area contributed by atoms with Gasteiger partial charge in [0, 0.05) is 19.0 Å². The smallest absolute Gasteiger partial charge is 0.220 e. The standard InChI is InChI=1S/C15H28N2O/c1-12-4-2-5-13(10-12)11-17-15(18)8-7-14-6-3-9-16-14/h12-14,16H,2-11H2,1H3,(H,17,18). The molecule has 0 aromatic rings. The quantitative estimate of drug-likeness (QED) is 0.789. The Balaban J connectivity index is 1.56. The predicted octanol–water partition coefficient (Wildman–Crippen LogP) is 2.46. The van der Waals surface area contributed by atoms with Gasteiger partial charge in [0.1, 0.15) is 0 Å². The van der Waals surface area contributed by atoms with Crippen LogP contribution in [0.2, 0.25) is 0 Å². The van der Waals surface area contributed by atoms with E-state index in [0.717, 1.165) is 31.3 Å². The van der Waals surface area contributed by atoms with Gasteiger partial charge in [-0.1, -0.05) is 19.8 Å². The van der Waals surface area contributed by atoms with Gasteiger partial charge in [-0.2, -0.15) is 0 Å². The van der Waals surface area contributed by atoms with E-state index in [1.54, 1.807) is 0 Å². The van der Waals surface area contributed by atoms with Crippen molar-refractivity contribution in [2.75, 3.05) is 13.1 Å². The fourth-order valence-electron chi connectivity index (χ4n) is 3.40. The molecule has 0 bridgehead atoms. The predicted molar refractivity (Wildman–Crippen MR) is 74.4 cm³/mol. The molecule has 3 nitrogen and oxygen atoms in total. The summed E-state index contributed by atoms with van der Waals surface area (Å²) in [6, 6.07) is 0.588. The van der Waals surface area contributed by atoms with Gasteiger partial charge in [-0.15, -0.1) is 0 Å². The molecule has 1 amide bonds. The molecule has 0 aromatic heterocycles. The summed E-state index contributed by atoms with van der Waals surface area (Å²) in [5.74, 6) is 1.83. The molecule has 1 aliphatic carbocycles. The highest BCUT2D eigenvalue weighted by atomic mass is 16.1. The third-order valence-electron chi connectivity index (χ3n) is 4.52. The van der Waals surface area contributed by atoms with Crippen molar-refractivity contribution in [3.8, 4) is 0 Å². The van der Waals surface area contributed by atoms with E-state index < -0.39 is 0 Å². The zero-order valence-corrected chi connectivity index (χ0v) is 11.7. The fourth-order valence-corrected chi connectivity index (χ4v) is 3.40. The average molecular weight is 252 g/mol. The van der Waals surface area contributed by atoms with Crippen molar-refractivity contribution >= 4 is 5.91 Å². The van der Waals surface area contributed by atoms with Crippen LogP contribution in [0, 0.1) is 11.8 Å². The molecule has 2 fully saturated rings. The van der Waals surface area contributed by atoms with E-state index in [9.17, 15) is 4.79 Å². The van der Waals surface area contributed by atoms with Crippen LogP contribution >= 0.6 is 0 Å². The molecule has 3 heteroatoms. The summed E-state index contributed by atoms with van der Waals surface area (Å²) in [7, 11) is 0. The molecule has 0 spiro atoms. The summed E-state index contributed by atoms with van der Waals surface area (Å²) in [5, 5.41) is 6.57. The lowest BCUT2D eigenvalue weighted by atomic mass is 9.82. The third kappa shape index (κ3) is 4.60. The molecule has 2 rings (SSSR count). The topological polar surface area (TPSA) is 41.1 Å². The van der Waals surface area contributed by atoms with Gasteiger partial charge in [0.05, 0.1) is 0 Å². The summed E-state index contributed by atoms with van der Waals surface area (Å²) in [5.41, 5.74) is 0. The first kappa shape index (κ1) is 13.9. The molecule has 3 unspecified atom stereocenters. The highest BCUT2D eigenvalue weighted by Gasteiger charge is 2.20. The van der Waals surface area contributed by atoms with E-state index in [1.165, 1.54) is 38.5 Å². The minimum absolute atomic E-state index is 0.252. The van der Waals surface area contributed by atoms with E-state index in [2.05, 4.69) is 17.6 Å². The Morgan fingerprint density at radius 1 is 1.28 bits per heavy atom. The molecule has 1 heterocycles. The number of hydrogen-bond donors (Lipinski definition) is 2. The molecule has 0 aromatic carbocycles. The molecule has 18 heavy (non-hydrogen) atoms. The Labute approximate surface area is 111 Å². The summed E-state index contributed by atoms with van der Waals surface area (Å²) in [6.45, 7) is 4.37. The molecular weight excluding hydrogens is 224 g/mol. The first-order chi connectivity index (χ1) is 8.74. The minimum Gasteiger partial charge on any atom is -0.356 e. The van der Waals surface area contributed by atoms with Gasteiger partial charge < -0.3 is 10.6 Å². The van der Waals surface area contributed by atoms with Crippen molar-refractivity contribution < 1.29 is 4.79 Å². The number of rotatable bonds is 5. The van der Waals surface area contributed by atoms with Crippen LogP contribution in [0.5, 0.6) is 0 Å². The molecule has 2 aliphatic rings. The van der Waals surface area contributed by atoms with Crippen LogP contribution in [0.25, 0.3) is 0 Å². The summed E-state index contributed by atoms with van der Waals surface area (Å²) in [4.78, 5) is 11.8. The van der Waals surface area contributed by atoms with Crippen molar-refractivity contribution in [1.82, 2.24) is 10.6 Å². The summed E-state index contributed by atoms with van der Waals surface area (Å²) < 4.78 is 0. The monoisotopic (exact) mass is 252 g/mol. The molecule has 1 saturated heterocycles. The van der Waals surface area contributed by atoms with Crippen molar-refractivity contribution in [2.45, 2.75) is 64.3 Å². The van der Waals surface area contributed by atoms with Crippen molar-refractivity contribution in [3.05, 3.63) is 0 Å². The summed E-state index contributed by atoms with van der Waals surface area (Å²) >= 11 is 0. The van der Waals surface area contributed by atoms with Crippen molar-refractivity contribution in [3.63, 3.8) is 0 Å². The van der Waals surface area contributed by atoms with Gasteiger partial charge in [0.25, 0.3) is 0 Å². The Hall–Kier alpha value is -0.570. The lowest BCUT2D eigenvalue weighted by Crippen LogP contribution is -2.32. The second kappa shape index (κ2) is 7.13. The Kier molecular flexibility index (Phi) is 5.48. The van der Waals surface area contributed by atoms with Gasteiger partial charge >= 0.3 is 0 Å². The van der Waals surface area contributed by atoms with E-state index in [4.69, 9.17) is 0 Å². The highest BCUT2D eigenvalue weighted by Crippen LogP contribution is 2.27. The van der Waals surface area contributed by atoms with Crippen LogP contribution in [0.15, 0.2) is 0 Å². The Bertz CT molecular complexity index is 261. The number of carbonyl (C=O) groups excluding carboxylic acids is 1. The van der Waals surface area contributed by atoms with E-state index >= 15 is 0 Å². The van der Waals surface area contributed by atoms with Crippen LogP contribution in [0.3, 0.4) is 0 Å². The normalized spacial score (nSPS) is 32.4. The van der Waals surface area contributed by atoms with E-state index in [1.807, 2.05) is 0 Å². The molecule has 2 N–H and O–H groups in total. The Morgan fingerprint density at radius 2 is 2.17 bits per heavy atom. The molecule has 3 atom stereocenters. The van der Waals surface area contributed by atoms with E-state index in [0.29, 0.717) is 12.5 Å². The van der Waals surface area contributed by atoms with Crippen LogP contribution < -0.4 is 10.6 Å². The van der Waals surface area contributed by atoms with Gasteiger partial charge in [0.15, 0.2) is 0 Å². The number of carbonyl (C=O) groups is 1. The highest BCUT2D eigenvalue weighted by molar-refractivity contribution is 5.75.